The van der Waals surface area contributed by atoms with Gasteiger partial charge < -0.3 is 5.32 Å². The SMILES string of the molecule is C[C@H](CNC(=O)c1cc2ccccn2n1)c1ccccc1. The van der Waals surface area contributed by atoms with Gasteiger partial charge in [-0.25, -0.2) is 4.52 Å². The number of pyridine rings is 1. The molecule has 1 N–H and O–H groups in total. The summed E-state index contributed by atoms with van der Waals surface area (Å²) in [5.74, 6) is 0.133. The molecule has 0 spiro atoms. The quantitative estimate of drug-likeness (QED) is 0.798. The zero-order chi connectivity index (χ0) is 14.7. The van der Waals surface area contributed by atoms with Crippen LogP contribution in [0.3, 0.4) is 0 Å². The number of nitrogens with zero attached hydrogens (tertiary/aromatic N) is 2. The van der Waals surface area contributed by atoms with Gasteiger partial charge in [0, 0.05) is 12.7 Å². The Bertz CT molecular complexity index is 716. The lowest BCUT2D eigenvalue weighted by molar-refractivity contribution is 0.0946. The molecule has 1 amide bonds. The van der Waals surface area contributed by atoms with E-state index in [1.54, 1.807) is 10.6 Å². The smallest absolute Gasteiger partial charge is 0.271 e. The predicted octanol–water partition coefficient (Wildman–Crippen LogP) is 2.87. The maximum atomic E-state index is 12.2. The van der Waals surface area contributed by atoms with Crippen molar-refractivity contribution in [3.05, 3.63) is 72.1 Å². The summed E-state index contributed by atoms with van der Waals surface area (Å²) in [6, 6.07) is 17.7. The summed E-state index contributed by atoms with van der Waals surface area (Å²) in [6.07, 6.45) is 1.83. The molecule has 2 heterocycles. The average molecular weight is 279 g/mol. The Morgan fingerprint density at radius 3 is 2.71 bits per heavy atom. The first kappa shape index (κ1) is 13.4. The summed E-state index contributed by atoms with van der Waals surface area (Å²) < 4.78 is 1.70. The first-order chi connectivity index (χ1) is 10.2. The number of amides is 1. The molecule has 1 atom stereocenters. The van der Waals surface area contributed by atoms with Crippen LogP contribution in [0.4, 0.5) is 0 Å². The molecule has 0 saturated heterocycles. The Hall–Kier alpha value is -2.62. The molecule has 0 aliphatic rings. The van der Waals surface area contributed by atoms with Crippen molar-refractivity contribution in [3.8, 4) is 0 Å². The molecule has 3 aromatic rings. The van der Waals surface area contributed by atoms with Crippen LogP contribution in [0.1, 0.15) is 28.9 Å². The van der Waals surface area contributed by atoms with Gasteiger partial charge in [0.05, 0.1) is 5.52 Å². The van der Waals surface area contributed by atoms with E-state index in [1.165, 1.54) is 5.56 Å². The molecule has 106 valence electrons. The number of carbonyl (C=O) groups excluding carboxylic acids is 1. The topological polar surface area (TPSA) is 46.4 Å². The molecule has 0 aliphatic carbocycles. The number of fused-ring (bicyclic) bond motifs is 1. The van der Waals surface area contributed by atoms with E-state index in [2.05, 4.69) is 29.5 Å². The van der Waals surface area contributed by atoms with Gasteiger partial charge in [-0.2, -0.15) is 5.10 Å². The highest BCUT2D eigenvalue weighted by Crippen LogP contribution is 2.13. The van der Waals surface area contributed by atoms with Gasteiger partial charge in [0.25, 0.3) is 5.91 Å². The van der Waals surface area contributed by atoms with E-state index in [9.17, 15) is 4.79 Å². The predicted molar refractivity (Wildman–Crippen MR) is 82.4 cm³/mol. The van der Waals surface area contributed by atoms with Gasteiger partial charge in [-0.05, 0) is 29.7 Å². The summed E-state index contributed by atoms with van der Waals surface area (Å²) in [5.41, 5.74) is 2.58. The number of aromatic nitrogens is 2. The second-order valence-electron chi connectivity index (χ2n) is 5.12. The van der Waals surface area contributed by atoms with Crippen molar-refractivity contribution < 1.29 is 4.79 Å². The second kappa shape index (κ2) is 5.79. The fourth-order valence-corrected chi connectivity index (χ4v) is 2.28. The molecule has 0 saturated carbocycles. The van der Waals surface area contributed by atoms with Crippen LogP contribution in [0.2, 0.25) is 0 Å². The first-order valence-corrected chi connectivity index (χ1v) is 7.01. The lowest BCUT2D eigenvalue weighted by Gasteiger charge is -2.12. The number of carbonyl (C=O) groups is 1. The van der Waals surface area contributed by atoms with E-state index in [0.29, 0.717) is 12.2 Å². The lowest BCUT2D eigenvalue weighted by Crippen LogP contribution is -2.27. The summed E-state index contributed by atoms with van der Waals surface area (Å²) in [5, 5.41) is 7.21. The maximum Gasteiger partial charge on any atom is 0.271 e. The molecule has 4 nitrogen and oxygen atoms in total. The Balaban J connectivity index is 1.66. The number of benzene rings is 1. The standard InChI is InChI=1S/C17H17N3O/c1-13(14-7-3-2-4-8-14)12-18-17(21)16-11-15-9-5-6-10-20(15)19-16/h2-11,13H,12H2,1H3,(H,18,21)/t13-/m1/s1. The molecular formula is C17H17N3O. The first-order valence-electron chi connectivity index (χ1n) is 7.01. The van der Waals surface area contributed by atoms with Crippen LogP contribution < -0.4 is 5.32 Å². The van der Waals surface area contributed by atoms with Crippen LogP contribution >= 0.6 is 0 Å². The van der Waals surface area contributed by atoms with Crippen molar-refractivity contribution in [1.29, 1.82) is 0 Å². The van der Waals surface area contributed by atoms with Crippen molar-refractivity contribution in [1.82, 2.24) is 14.9 Å². The number of hydrogen-bond acceptors (Lipinski definition) is 2. The molecular weight excluding hydrogens is 262 g/mol. The third-order valence-electron chi connectivity index (χ3n) is 3.54. The van der Waals surface area contributed by atoms with Crippen LogP contribution in [0.25, 0.3) is 5.52 Å². The molecule has 0 unspecified atom stereocenters. The van der Waals surface area contributed by atoms with Crippen molar-refractivity contribution in [2.45, 2.75) is 12.8 Å². The van der Waals surface area contributed by atoms with E-state index in [4.69, 9.17) is 0 Å². The van der Waals surface area contributed by atoms with Crippen molar-refractivity contribution in [2.24, 2.45) is 0 Å². The Morgan fingerprint density at radius 2 is 1.95 bits per heavy atom. The highest BCUT2D eigenvalue weighted by Gasteiger charge is 2.12. The van der Waals surface area contributed by atoms with Gasteiger partial charge in [0.2, 0.25) is 0 Å². The number of nitrogens with one attached hydrogen (secondary N) is 1. The Kier molecular flexibility index (Phi) is 3.69. The summed E-state index contributed by atoms with van der Waals surface area (Å²) in [6.45, 7) is 2.69. The van der Waals surface area contributed by atoms with E-state index < -0.39 is 0 Å². The molecule has 0 bridgehead atoms. The minimum atomic E-state index is -0.138. The van der Waals surface area contributed by atoms with E-state index in [0.717, 1.165) is 5.52 Å². The zero-order valence-electron chi connectivity index (χ0n) is 11.9. The van der Waals surface area contributed by atoms with Gasteiger partial charge in [0.1, 0.15) is 0 Å². The highest BCUT2D eigenvalue weighted by molar-refractivity contribution is 5.93. The zero-order valence-corrected chi connectivity index (χ0v) is 11.9. The van der Waals surface area contributed by atoms with E-state index in [-0.39, 0.29) is 11.8 Å². The van der Waals surface area contributed by atoms with E-state index in [1.807, 2.05) is 42.6 Å². The monoisotopic (exact) mass is 279 g/mol. The second-order valence-corrected chi connectivity index (χ2v) is 5.12. The van der Waals surface area contributed by atoms with E-state index >= 15 is 0 Å². The van der Waals surface area contributed by atoms with Crippen LogP contribution in [0.5, 0.6) is 0 Å². The van der Waals surface area contributed by atoms with Crippen molar-refractivity contribution >= 4 is 11.4 Å². The summed E-state index contributed by atoms with van der Waals surface area (Å²) in [4.78, 5) is 12.2. The molecule has 4 heteroatoms. The third-order valence-corrected chi connectivity index (χ3v) is 3.54. The van der Waals surface area contributed by atoms with Crippen LogP contribution in [-0.4, -0.2) is 22.1 Å². The highest BCUT2D eigenvalue weighted by atomic mass is 16.1. The molecule has 0 fully saturated rings. The largest absolute Gasteiger partial charge is 0.350 e. The van der Waals surface area contributed by atoms with Gasteiger partial charge >= 0.3 is 0 Å². The van der Waals surface area contributed by atoms with Gasteiger partial charge in [-0.3, -0.25) is 4.79 Å². The Labute approximate surface area is 123 Å². The number of rotatable bonds is 4. The van der Waals surface area contributed by atoms with Crippen molar-refractivity contribution in [3.63, 3.8) is 0 Å². The van der Waals surface area contributed by atoms with Crippen LogP contribution in [-0.2, 0) is 0 Å². The van der Waals surface area contributed by atoms with Crippen LogP contribution in [0.15, 0.2) is 60.8 Å². The van der Waals surface area contributed by atoms with Gasteiger partial charge in [0.15, 0.2) is 5.69 Å². The summed E-state index contributed by atoms with van der Waals surface area (Å²) in [7, 11) is 0. The molecule has 21 heavy (non-hydrogen) atoms. The lowest BCUT2D eigenvalue weighted by atomic mass is 10.0. The molecule has 0 radical (unpaired) electrons. The molecule has 3 rings (SSSR count). The fourth-order valence-electron chi connectivity index (χ4n) is 2.28. The van der Waals surface area contributed by atoms with Crippen molar-refractivity contribution in [2.75, 3.05) is 6.54 Å². The number of hydrogen-bond donors (Lipinski definition) is 1. The summed E-state index contributed by atoms with van der Waals surface area (Å²) >= 11 is 0. The minimum absolute atomic E-state index is 0.138. The maximum absolute atomic E-state index is 12.2. The molecule has 2 aromatic heterocycles. The average Bonchev–Trinajstić information content (AvgIpc) is 2.97. The molecule has 1 aromatic carbocycles. The Morgan fingerprint density at radius 1 is 1.19 bits per heavy atom. The molecule has 0 aliphatic heterocycles. The third kappa shape index (κ3) is 2.94. The van der Waals surface area contributed by atoms with Crippen LogP contribution in [0, 0.1) is 0 Å². The van der Waals surface area contributed by atoms with Gasteiger partial charge in [-0.1, -0.05) is 43.3 Å². The normalized spacial score (nSPS) is 12.2. The fraction of sp³-hybridized carbons (Fsp3) is 0.176. The minimum Gasteiger partial charge on any atom is -0.350 e. The van der Waals surface area contributed by atoms with Gasteiger partial charge in [-0.15, -0.1) is 0 Å².